The van der Waals surface area contributed by atoms with E-state index >= 15 is 0 Å². The van der Waals surface area contributed by atoms with E-state index in [0.717, 1.165) is 18.8 Å². The maximum Gasteiger partial charge on any atom is 0.251 e. The van der Waals surface area contributed by atoms with Gasteiger partial charge in [0.2, 0.25) is 0 Å². The Kier molecular flexibility index (Phi) is 4.55. The molecule has 0 spiro atoms. The van der Waals surface area contributed by atoms with Crippen LogP contribution < -0.4 is 5.32 Å². The van der Waals surface area contributed by atoms with E-state index in [1.165, 1.54) is 37.0 Å². The quantitative estimate of drug-likeness (QED) is 0.790. The fraction of sp³-hybridized carbons (Fsp3) is 0.846. The molecule has 0 aromatic heterocycles. The summed E-state index contributed by atoms with van der Waals surface area (Å²) in [6.07, 6.45) is 8.31. The Morgan fingerprint density at radius 3 is 2.67 bits per heavy atom. The fourth-order valence-electron chi connectivity index (χ4n) is 2.98. The molecule has 2 fully saturated rings. The average Bonchev–Trinajstić information content (AvgIpc) is 2.66. The van der Waals surface area contributed by atoms with Crippen LogP contribution in [0.25, 0.3) is 0 Å². The number of rotatable bonds is 5. The van der Waals surface area contributed by atoms with Gasteiger partial charge in [-0.05, 0) is 18.8 Å². The van der Waals surface area contributed by atoms with E-state index in [2.05, 4.69) is 5.32 Å². The lowest BCUT2D eigenvalue weighted by molar-refractivity contribution is -0.127. The van der Waals surface area contributed by atoms with Crippen LogP contribution in [0.3, 0.4) is 0 Å². The second-order valence-electron chi connectivity index (χ2n) is 5.31. The monoisotopic (exact) mass is 255 g/mol. The van der Waals surface area contributed by atoms with Crippen LogP contribution in [-0.4, -0.2) is 36.0 Å². The molecule has 2 N–H and O–H groups in total. The van der Waals surface area contributed by atoms with Crippen molar-refractivity contribution in [1.82, 2.24) is 10.2 Å². The number of hydrogen-bond donors (Lipinski definition) is 2. The minimum Gasteiger partial charge on any atom is -0.344 e. The molecule has 4 nitrogen and oxygen atoms in total. The molecule has 0 aromatic rings. The Balaban J connectivity index is 1.79. The van der Waals surface area contributed by atoms with Gasteiger partial charge in [0, 0.05) is 0 Å². The minimum atomic E-state index is -0.592. The number of guanidine groups is 1. The SMILES string of the molecule is N=C1NC(CCC2CCCCC2)C(=O)N1CCF. The van der Waals surface area contributed by atoms with Gasteiger partial charge in [0.1, 0.15) is 12.7 Å². The summed E-state index contributed by atoms with van der Waals surface area (Å²) < 4.78 is 12.3. The van der Waals surface area contributed by atoms with Crippen LogP contribution in [-0.2, 0) is 4.79 Å². The van der Waals surface area contributed by atoms with Gasteiger partial charge in [0.25, 0.3) is 5.91 Å². The van der Waals surface area contributed by atoms with Gasteiger partial charge >= 0.3 is 0 Å². The van der Waals surface area contributed by atoms with Gasteiger partial charge in [-0.1, -0.05) is 32.1 Å². The molecular weight excluding hydrogens is 233 g/mol. The molecule has 1 aliphatic heterocycles. The third kappa shape index (κ3) is 3.00. The first kappa shape index (κ1) is 13.3. The first-order valence-corrected chi connectivity index (χ1v) is 6.95. The largest absolute Gasteiger partial charge is 0.344 e. The Hall–Kier alpha value is -1.13. The molecular formula is C13H22FN3O. The lowest BCUT2D eigenvalue weighted by Gasteiger charge is -2.22. The van der Waals surface area contributed by atoms with Crippen LogP contribution in [0.1, 0.15) is 44.9 Å². The second-order valence-corrected chi connectivity index (χ2v) is 5.31. The van der Waals surface area contributed by atoms with Crippen LogP contribution in [0.15, 0.2) is 0 Å². The van der Waals surface area contributed by atoms with Crippen molar-refractivity contribution in [3.63, 3.8) is 0 Å². The maximum absolute atomic E-state index is 12.3. The molecule has 2 aliphatic rings. The number of alkyl halides is 1. The first-order valence-electron chi connectivity index (χ1n) is 6.95. The van der Waals surface area contributed by atoms with Crippen molar-refractivity contribution in [3.05, 3.63) is 0 Å². The van der Waals surface area contributed by atoms with Gasteiger partial charge in [-0.15, -0.1) is 0 Å². The molecule has 0 aromatic carbocycles. The molecule has 1 atom stereocenters. The molecule has 1 amide bonds. The van der Waals surface area contributed by atoms with Crippen molar-refractivity contribution >= 4 is 11.9 Å². The van der Waals surface area contributed by atoms with Crippen molar-refractivity contribution < 1.29 is 9.18 Å². The number of carbonyl (C=O) groups excluding carboxylic acids is 1. The van der Waals surface area contributed by atoms with E-state index in [0.29, 0.717) is 0 Å². The third-order valence-electron chi connectivity index (χ3n) is 4.04. The fourth-order valence-corrected chi connectivity index (χ4v) is 2.98. The van der Waals surface area contributed by atoms with Gasteiger partial charge in [0.05, 0.1) is 6.54 Å². The predicted octanol–water partition coefficient (Wildman–Crippen LogP) is 2.05. The van der Waals surface area contributed by atoms with Crippen LogP contribution in [0, 0.1) is 11.3 Å². The zero-order valence-electron chi connectivity index (χ0n) is 10.8. The Bertz CT molecular complexity index is 315. The molecule has 102 valence electrons. The summed E-state index contributed by atoms with van der Waals surface area (Å²) in [5, 5.41) is 10.5. The van der Waals surface area contributed by atoms with E-state index in [4.69, 9.17) is 5.41 Å². The minimum absolute atomic E-state index is 0.00456. The normalized spacial score (nSPS) is 25.6. The highest BCUT2D eigenvalue weighted by Crippen LogP contribution is 2.28. The molecule has 1 heterocycles. The van der Waals surface area contributed by atoms with Crippen LogP contribution >= 0.6 is 0 Å². The van der Waals surface area contributed by atoms with E-state index in [9.17, 15) is 9.18 Å². The zero-order valence-corrected chi connectivity index (χ0v) is 10.8. The Labute approximate surface area is 107 Å². The predicted molar refractivity (Wildman–Crippen MR) is 68.1 cm³/mol. The number of amides is 1. The third-order valence-corrected chi connectivity index (χ3v) is 4.04. The Morgan fingerprint density at radius 1 is 1.28 bits per heavy atom. The number of carbonyl (C=O) groups is 1. The topological polar surface area (TPSA) is 56.2 Å². The standard InChI is InChI=1S/C13H22FN3O/c14-8-9-17-12(18)11(16-13(17)15)7-6-10-4-2-1-3-5-10/h10-11H,1-9H2,(H2,15,16). The van der Waals surface area contributed by atoms with E-state index in [1.54, 1.807) is 0 Å². The maximum atomic E-state index is 12.3. The van der Waals surface area contributed by atoms with Crippen molar-refractivity contribution in [1.29, 1.82) is 5.41 Å². The van der Waals surface area contributed by atoms with Crippen LogP contribution in [0.2, 0.25) is 0 Å². The Morgan fingerprint density at radius 2 is 2.00 bits per heavy atom. The number of hydrogen-bond acceptors (Lipinski definition) is 2. The summed E-state index contributed by atoms with van der Waals surface area (Å²) in [6, 6.07) is -0.300. The van der Waals surface area contributed by atoms with Gasteiger partial charge < -0.3 is 5.32 Å². The summed E-state index contributed by atoms with van der Waals surface area (Å²) in [7, 11) is 0. The molecule has 0 radical (unpaired) electrons. The van der Waals surface area contributed by atoms with E-state index in [1.807, 2.05) is 0 Å². The number of nitrogens with zero attached hydrogens (tertiary/aromatic N) is 1. The summed E-state index contributed by atoms with van der Waals surface area (Å²) in [5.41, 5.74) is 0. The van der Waals surface area contributed by atoms with Crippen molar-refractivity contribution in [2.45, 2.75) is 51.0 Å². The van der Waals surface area contributed by atoms with E-state index in [-0.39, 0.29) is 24.5 Å². The van der Waals surface area contributed by atoms with Crippen molar-refractivity contribution in [3.8, 4) is 0 Å². The molecule has 0 bridgehead atoms. The number of halogens is 1. The van der Waals surface area contributed by atoms with Crippen LogP contribution in [0.4, 0.5) is 4.39 Å². The van der Waals surface area contributed by atoms with Gasteiger partial charge in [-0.25, -0.2) is 4.39 Å². The first-order chi connectivity index (χ1) is 8.72. The lowest BCUT2D eigenvalue weighted by Crippen LogP contribution is -2.33. The molecule has 1 aliphatic carbocycles. The zero-order chi connectivity index (χ0) is 13.0. The van der Waals surface area contributed by atoms with Crippen LogP contribution in [0.5, 0.6) is 0 Å². The molecule has 1 unspecified atom stereocenters. The molecule has 2 rings (SSSR count). The van der Waals surface area contributed by atoms with Crippen molar-refractivity contribution in [2.24, 2.45) is 5.92 Å². The summed E-state index contributed by atoms with van der Waals surface area (Å²) in [4.78, 5) is 13.1. The second kappa shape index (κ2) is 6.16. The van der Waals surface area contributed by atoms with Gasteiger partial charge in [-0.2, -0.15) is 0 Å². The molecule has 1 saturated carbocycles. The summed E-state index contributed by atoms with van der Waals surface area (Å²) >= 11 is 0. The van der Waals surface area contributed by atoms with E-state index < -0.39 is 6.67 Å². The van der Waals surface area contributed by atoms with Gasteiger partial charge in [-0.3, -0.25) is 15.1 Å². The summed E-state index contributed by atoms with van der Waals surface area (Å²) in [6.45, 7) is -0.588. The lowest BCUT2D eigenvalue weighted by atomic mass is 9.85. The molecule has 5 heteroatoms. The molecule has 1 saturated heterocycles. The smallest absolute Gasteiger partial charge is 0.251 e. The number of nitrogens with one attached hydrogen (secondary N) is 2. The highest BCUT2D eigenvalue weighted by atomic mass is 19.1. The van der Waals surface area contributed by atoms with Crippen molar-refractivity contribution in [2.75, 3.05) is 13.2 Å². The average molecular weight is 255 g/mol. The van der Waals surface area contributed by atoms with Gasteiger partial charge in [0.15, 0.2) is 5.96 Å². The molecule has 18 heavy (non-hydrogen) atoms. The highest BCUT2D eigenvalue weighted by Gasteiger charge is 2.35. The highest BCUT2D eigenvalue weighted by molar-refractivity contribution is 6.05. The summed E-state index contributed by atoms with van der Waals surface area (Å²) in [5.74, 6) is 0.664.